The van der Waals surface area contributed by atoms with Crippen molar-refractivity contribution in [3.05, 3.63) is 72.3 Å². The molecule has 128 valence electrons. The van der Waals surface area contributed by atoms with Gasteiger partial charge in [-0.25, -0.2) is 0 Å². The summed E-state index contributed by atoms with van der Waals surface area (Å²) < 4.78 is 5.60. The molecular formula is C20H20N2O3. The van der Waals surface area contributed by atoms with Gasteiger partial charge in [0, 0.05) is 23.9 Å². The van der Waals surface area contributed by atoms with Crippen LogP contribution in [0.5, 0.6) is 5.75 Å². The zero-order chi connectivity index (χ0) is 17.8. The molecule has 0 saturated carbocycles. The number of amides is 2. The van der Waals surface area contributed by atoms with Crippen LogP contribution < -0.4 is 4.74 Å². The molecule has 0 bridgehead atoms. The van der Waals surface area contributed by atoms with Crippen LogP contribution in [0.25, 0.3) is 5.70 Å². The van der Waals surface area contributed by atoms with Gasteiger partial charge in [0.05, 0.1) is 6.54 Å². The van der Waals surface area contributed by atoms with Gasteiger partial charge >= 0.3 is 0 Å². The Labute approximate surface area is 147 Å². The number of hydrogen-bond donors (Lipinski definition) is 0. The lowest BCUT2D eigenvalue weighted by atomic mass is 10.1. The molecule has 0 unspecified atom stereocenters. The second-order valence-electron chi connectivity index (χ2n) is 5.86. The van der Waals surface area contributed by atoms with E-state index in [4.69, 9.17) is 4.74 Å². The highest BCUT2D eigenvalue weighted by Crippen LogP contribution is 2.30. The lowest BCUT2D eigenvalue weighted by molar-refractivity contribution is -0.130. The molecule has 5 heteroatoms. The summed E-state index contributed by atoms with van der Waals surface area (Å²) >= 11 is 0. The third-order valence-corrected chi connectivity index (χ3v) is 4.20. The molecular weight excluding hydrogens is 316 g/mol. The molecule has 3 rings (SSSR count). The molecule has 0 fully saturated rings. The molecule has 0 radical (unpaired) electrons. The van der Waals surface area contributed by atoms with E-state index in [1.807, 2.05) is 48.5 Å². The van der Waals surface area contributed by atoms with E-state index in [0.29, 0.717) is 24.4 Å². The van der Waals surface area contributed by atoms with Crippen LogP contribution in [0.1, 0.15) is 15.9 Å². The van der Waals surface area contributed by atoms with Gasteiger partial charge < -0.3 is 9.64 Å². The molecule has 2 amide bonds. The summed E-state index contributed by atoms with van der Waals surface area (Å²) in [7, 11) is 1.70. The zero-order valence-corrected chi connectivity index (χ0v) is 14.1. The van der Waals surface area contributed by atoms with Crippen molar-refractivity contribution < 1.29 is 14.3 Å². The number of nitrogens with zero attached hydrogens (tertiary/aromatic N) is 2. The summed E-state index contributed by atoms with van der Waals surface area (Å²) in [6.07, 6.45) is 0. The summed E-state index contributed by atoms with van der Waals surface area (Å²) in [5, 5.41) is 0. The van der Waals surface area contributed by atoms with Gasteiger partial charge in [-0.2, -0.15) is 0 Å². The Bertz CT molecular complexity index is 767. The third kappa shape index (κ3) is 3.55. The number of para-hydroxylation sites is 1. The maximum atomic E-state index is 12.4. The predicted molar refractivity (Wildman–Crippen MR) is 96.1 cm³/mol. The first kappa shape index (κ1) is 16.8. The summed E-state index contributed by atoms with van der Waals surface area (Å²) in [6, 6.07) is 16.7. The van der Waals surface area contributed by atoms with Gasteiger partial charge in [0.2, 0.25) is 5.91 Å². The molecule has 0 atom stereocenters. The molecule has 0 N–H and O–H groups in total. The highest BCUT2D eigenvalue weighted by atomic mass is 16.5. The number of carbonyl (C=O) groups is 2. The zero-order valence-electron chi connectivity index (χ0n) is 14.1. The van der Waals surface area contributed by atoms with Crippen LogP contribution in [0.15, 0.2) is 61.2 Å². The van der Waals surface area contributed by atoms with Crippen LogP contribution in [0.4, 0.5) is 0 Å². The van der Waals surface area contributed by atoms with Gasteiger partial charge in [-0.15, -0.1) is 0 Å². The van der Waals surface area contributed by atoms with Gasteiger partial charge in [-0.3, -0.25) is 14.5 Å². The van der Waals surface area contributed by atoms with E-state index in [0.717, 1.165) is 11.3 Å². The Kier molecular flexibility index (Phi) is 4.84. The molecule has 0 saturated heterocycles. The summed E-state index contributed by atoms with van der Waals surface area (Å²) in [6.45, 7) is 4.76. The lowest BCUT2D eigenvalue weighted by Crippen LogP contribution is -2.39. The Morgan fingerprint density at radius 2 is 1.72 bits per heavy atom. The SMILES string of the molecule is C=C1c2ccccc2C(=O)N1CC(=O)N(C)CCOc1ccccc1. The van der Waals surface area contributed by atoms with Crippen molar-refractivity contribution in [2.75, 3.05) is 26.7 Å². The fraction of sp³-hybridized carbons (Fsp3) is 0.200. The van der Waals surface area contributed by atoms with E-state index >= 15 is 0 Å². The van der Waals surface area contributed by atoms with Gasteiger partial charge in [-0.1, -0.05) is 43.0 Å². The highest BCUT2D eigenvalue weighted by Gasteiger charge is 2.32. The van der Waals surface area contributed by atoms with Crippen molar-refractivity contribution >= 4 is 17.5 Å². The van der Waals surface area contributed by atoms with E-state index in [1.54, 1.807) is 18.0 Å². The quantitative estimate of drug-likeness (QED) is 0.815. The normalized spacial score (nSPS) is 12.9. The molecule has 2 aromatic rings. The fourth-order valence-electron chi connectivity index (χ4n) is 2.70. The topological polar surface area (TPSA) is 49.9 Å². The molecule has 1 aliphatic rings. The number of benzene rings is 2. The predicted octanol–water partition coefficient (Wildman–Crippen LogP) is 2.65. The molecule has 1 aliphatic heterocycles. The fourth-order valence-corrected chi connectivity index (χ4v) is 2.70. The van der Waals surface area contributed by atoms with Crippen LogP contribution in [0.3, 0.4) is 0 Å². The molecule has 0 aliphatic carbocycles. The van der Waals surface area contributed by atoms with E-state index < -0.39 is 0 Å². The smallest absolute Gasteiger partial charge is 0.259 e. The summed E-state index contributed by atoms with van der Waals surface area (Å²) in [4.78, 5) is 27.8. The number of carbonyl (C=O) groups excluding carboxylic acids is 2. The van der Waals surface area contributed by atoms with Gasteiger partial charge in [0.1, 0.15) is 18.9 Å². The molecule has 2 aromatic carbocycles. The Balaban J connectivity index is 1.54. The van der Waals surface area contributed by atoms with Gasteiger partial charge in [-0.05, 0) is 18.2 Å². The Morgan fingerprint density at radius 1 is 1.08 bits per heavy atom. The maximum Gasteiger partial charge on any atom is 0.259 e. The second kappa shape index (κ2) is 7.21. The van der Waals surface area contributed by atoms with Crippen LogP contribution in [0, 0.1) is 0 Å². The van der Waals surface area contributed by atoms with Gasteiger partial charge in [0.25, 0.3) is 5.91 Å². The first-order valence-corrected chi connectivity index (χ1v) is 8.10. The van der Waals surface area contributed by atoms with Crippen molar-refractivity contribution in [1.82, 2.24) is 9.80 Å². The minimum absolute atomic E-state index is 0.0197. The van der Waals surface area contributed by atoms with E-state index in [9.17, 15) is 9.59 Å². The minimum atomic E-state index is -0.178. The van der Waals surface area contributed by atoms with Crippen LogP contribution in [-0.4, -0.2) is 48.4 Å². The van der Waals surface area contributed by atoms with E-state index in [-0.39, 0.29) is 18.4 Å². The first-order valence-electron chi connectivity index (χ1n) is 8.10. The minimum Gasteiger partial charge on any atom is -0.492 e. The van der Waals surface area contributed by atoms with Crippen molar-refractivity contribution in [3.8, 4) is 5.75 Å². The maximum absolute atomic E-state index is 12.4. The molecule has 0 aromatic heterocycles. The van der Waals surface area contributed by atoms with E-state index in [2.05, 4.69) is 6.58 Å². The number of hydrogen-bond acceptors (Lipinski definition) is 3. The van der Waals surface area contributed by atoms with Crippen molar-refractivity contribution in [2.45, 2.75) is 0 Å². The van der Waals surface area contributed by atoms with E-state index in [1.165, 1.54) is 4.90 Å². The summed E-state index contributed by atoms with van der Waals surface area (Å²) in [5.41, 5.74) is 1.95. The van der Waals surface area contributed by atoms with Gasteiger partial charge in [0.15, 0.2) is 0 Å². The number of rotatable bonds is 6. The van der Waals surface area contributed by atoms with Crippen molar-refractivity contribution in [3.63, 3.8) is 0 Å². The van der Waals surface area contributed by atoms with Crippen LogP contribution >= 0.6 is 0 Å². The van der Waals surface area contributed by atoms with Crippen LogP contribution in [-0.2, 0) is 4.79 Å². The lowest BCUT2D eigenvalue weighted by Gasteiger charge is -2.22. The Hall–Kier alpha value is -3.08. The standard InChI is InChI=1S/C20H20N2O3/c1-15-17-10-6-7-11-18(17)20(24)22(15)14-19(23)21(2)12-13-25-16-8-4-3-5-9-16/h3-11H,1,12-14H2,2H3. The number of ether oxygens (including phenoxy) is 1. The highest BCUT2D eigenvalue weighted by molar-refractivity contribution is 6.10. The largest absolute Gasteiger partial charge is 0.492 e. The Morgan fingerprint density at radius 3 is 2.40 bits per heavy atom. The average Bonchev–Trinajstić information content (AvgIpc) is 2.88. The van der Waals surface area contributed by atoms with Crippen molar-refractivity contribution in [1.29, 1.82) is 0 Å². The monoisotopic (exact) mass is 336 g/mol. The third-order valence-electron chi connectivity index (χ3n) is 4.20. The average molecular weight is 336 g/mol. The van der Waals surface area contributed by atoms with Crippen molar-refractivity contribution in [2.24, 2.45) is 0 Å². The van der Waals surface area contributed by atoms with Crippen LogP contribution in [0.2, 0.25) is 0 Å². The first-order chi connectivity index (χ1) is 12.1. The molecule has 25 heavy (non-hydrogen) atoms. The molecule has 5 nitrogen and oxygen atoms in total. The number of fused-ring (bicyclic) bond motifs is 1. The number of likely N-dealkylation sites (N-methyl/N-ethyl adjacent to an activating group) is 1. The second-order valence-corrected chi connectivity index (χ2v) is 5.86. The molecule has 1 heterocycles. The summed E-state index contributed by atoms with van der Waals surface area (Å²) in [5.74, 6) is 0.434. The molecule has 0 spiro atoms.